The van der Waals surface area contributed by atoms with Crippen molar-refractivity contribution < 1.29 is 8.78 Å². The Morgan fingerprint density at radius 3 is 2.75 bits per heavy atom. The molecule has 0 bridgehead atoms. The summed E-state index contributed by atoms with van der Waals surface area (Å²) in [4.78, 5) is 0. The van der Waals surface area contributed by atoms with E-state index < -0.39 is 11.6 Å². The summed E-state index contributed by atoms with van der Waals surface area (Å²) in [5, 5.41) is 14.2. The average Bonchev–Trinajstić information content (AvgIpc) is 2.81. The van der Waals surface area contributed by atoms with Crippen molar-refractivity contribution in [3.63, 3.8) is 0 Å². The second-order valence-electron chi connectivity index (χ2n) is 4.75. The van der Waals surface area contributed by atoms with Crippen molar-refractivity contribution in [1.82, 2.24) is 25.5 Å². The summed E-state index contributed by atoms with van der Waals surface area (Å²) in [7, 11) is 0. The molecule has 1 aromatic heterocycles. The van der Waals surface area contributed by atoms with Gasteiger partial charge in [0.25, 0.3) is 0 Å². The van der Waals surface area contributed by atoms with Crippen LogP contribution in [0.4, 0.5) is 8.78 Å². The number of tetrazole rings is 1. The van der Waals surface area contributed by atoms with Gasteiger partial charge in [-0.25, -0.2) is 8.78 Å². The number of benzene rings is 1. The third-order valence-corrected chi connectivity index (χ3v) is 3.20. The highest BCUT2D eigenvalue weighted by Crippen LogP contribution is 2.22. The van der Waals surface area contributed by atoms with Crippen LogP contribution in [-0.2, 0) is 6.54 Å². The van der Waals surface area contributed by atoms with Crippen LogP contribution >= 0.6 is 15.9 Å². The second-order valence-corrected chi connectivity index (χ2v) is 5.60. The summed E-state index contributed by atoms with van der Waals surface area (Å²) >= 11 is 2.93. The maximum Gasteiger partial charge on any atom is 0.170 e. The van der Waals surface area contributed by atoms with E-state index in [1.165, 1.54) is 4.68 Å². The van der Waals surface area contributed by atoms with Crippen LogP contribution in [-0.4, -0.2) is 26.8 Å². The summed E-state index contributed by atoms with van der Waals surface area (Å²) in [6.07, 6.45) is 0. The van der Waals surface area contributed by atoms with E-state index in [2.05, 4.69) is 50.6 Å². The number of halogens is 3. The predicted molar refractivity (Wildman–Crippen MR) is 73.3 cm³/mol. The standard InChI is InChI=1S/C12H14BrF2N5/c1-7(2)5-16-6-12-17-18-19-20(12)11-4-9(14)8(13)3-10(11)15/h3-4,7,16H,5-6H2,1-2H3. The molecule has 1 aromatic carbocycles. The first-order valence-corrected chi connectivity index (χ1v) is 6.91. The van der Waals surface area contributed by atoms with E-state index in [-0.39, 0.29) is 10.2 Å². The molecule has 2 aromatic rings. The Balaban J connectivity index is 2.25. The zero-order chi connectivity index (χ0) is 14.7. The molecule has 5 nitrogen and oxygen atoms in total. The van der Waals surface area contributed by atoms with Gasteiger partial charge in [-0.2, -0.15) is 4.68 Å². The fraction of sp³-hybridized carbons (Fsp3) is 0.417. The van der Waals surface area contributed by atoms with Crippen molar-refractivity contribution in [3.8, 4) is 5.69 Å². The van der Waals surface area contributed by atoms with Gasteiger partial charge in [-0.05, 0) is 44.9 Å². The van der Waals surface area contributed by atoms with Crippen molar-refractivity contribution >= 4 is 15.9 Å². The van der Waals surface area contributed by atoms with Crippen molar-refractivity contribution in [2.24, 2.45) is 5.92 Å². The summed E-state index contributed by atoms with van der Waals surface area (Å²) in [5.74, 6) is -0.277. The van der Waals surface area contributed by atoms with Crippen molar-refractivity contribution in [1.29, 1.82) is 0 Å². The molecule has 0 saturated heterocycles. The fourth-order valence-corrected chi connectivity index (χ4v) is 1.97. The quantitative estimate of drug-likeness (QED) is 0.845. The van der Waals surface area contributed by atoms with Crippen LogP contribution in [0.3, 0.4) is 0 Å². The molecule has 2 rings (SSSR count). The Morgan fingerprint density at radius 1 is 1.30 bits per heavy atom. The molecule has 8 heteroatoms. The normalized spacial score (nSPS) is 11.3. The van der Waals surface area contributed by atoms with Gasteiger partial charge < -0.3 is 5.32 Å². The number of hydrogen-bond acceptors (Lipinski definition) is 4. The summed E-state index contributed by atoms with van der Waals surface area (Å²) < 4.78 is 28.7. The first-order chi connectivity index (χ1) is 9.49. The molecule has 108 valence electrons. The lowest BCUT2D eigenvalue weighted by Gasteiger charge is -2.09. The Morgan fingerprint density at radius 2 is 2.05 bits per heavy atom. The number of rotatable bonds is 5. The Hall–Kier alpha value is -1.41. The van der Waals surface area contributed by atoms with Gasteiger partial charge in [0.05, 0.1) is 11.0 Å². The summed E-state index contributed by atoms with van der Waals surface area (Å²) in [5.41, 5.74) is -0.0166. The molecule has 20 heavy (non-hydrogen) atoms. The molecule has 0 atom stereocenters. The largest absolute Gasteiger partial charge is 0.310 e. The maximum absolute atomic E-state index is 13.9. The molecule has 1 N–H and O–H groups in total. The van der Waals surface area contributed by atoms with Gasteiger partial charge >= 0.3 is 0 Å². The molecule has 0 radical (unpaired) electrons. The van der Waals surface area contributed by atoms with Crippen molar-refractivity contribution in [2.75, 3.05) is 6.54 Å². The second kappa shape index (κ2) is 6.36. The lowest BCUT2D eigenvalue weighted by Crippen LogP contribution is -2.21. The van der Waals surface area contributed by atoms with E-state index in [0.29, 0.717) is 18.3 Å². The molecule has 0 spiro atoms. The number of aromatic nitrogens is 4. The predicted octanol–water partition coefficient (Wildman–Crippen LogP) is 2.45. The fourth-order valence-electron chi connectivity index (χ4n) is 1.65. The Bertz CT molecular complexity index is 600. The van der Waals surface area contributed by atoms with Crippen LogP contribution in [0.1, 0.15) is 19.7 Å². The third kappa shape index (κ3) is 3.37. The Kier molecular flexibility index (Phi) is 4.77. The smallest absolute Gasteiger partial charge is 0.170 e. The number of nitrogens with zero attached hydrogens (tertiary/aromatic N) is 4. The van der Waals surface area contributed by atoms with Crippen LogP contribution in [0.2, 0.25) is 0 Å². The summed E-state index contributed by atoms with van der Waals surface area (Å²) in [6, 6.07) is 2.11. The van der Waals surface area contributed by atoms with Crippen molar-refractivity contribution in [2.45, 2.75) is 20.4 Å². The minimum atomic E-state index is -0.601. The number of hydrogen-bond donors (Lipinski definition) is 1. The van der Waals surface area contributed by atoms with Crippen LogP contribution in [0.25, 0.3) is 5.69 Å². The van der Waals surface area contributed by atoms with Gasteiger partial charge in [0, 0.05) is 6.07 Å². The van der Waals surface area contributed by atoms with Crippen LogP contribution in [0.15, 0.2) is 16.6 Å². The molecule has 0 saturated carbocycles. The van der Waals surface area contributed by atoms with Crippen LogP contribution < -0.4 is 5.32 Å². The maximum atomic E-state index is 13.9. The molecular formula is C12H14BrF2N5. The van der Waals surface area contributed by atoms with Gasteiger partial charge in [-0.1, -0.05) is 13.8 Å². The molecule has 1 heterocycles. The topological polar surface area (TPSA) is 55.6 Å². The molecule has 0 amide bonds. The molecule has 0 fully saturated rings. The number of nitrogens with one attached hydrogen (secondary N) is 1. The zero-order valence-electron chi connectivity index (χ0n) is 11.1. The van der Waals surface area contributed by atoms with Crippen LogP contribution in [0.5, 0.6) is 0 Å². The SMILES string of the molecule is CC(C)CNCc1nnnn1-c1cc(F)c(Br)cc1F. The van der Waals surface area contributed by atoms with E-state index in [0.717, 1.165) is 18.7 Å². The zero-order valence-corrected chi connectivity index (χ0v) is 12.7. The van der Waals surface area contributed by atoms with E-state index in [9.17, 15) is 8.78 Å². The first kappa shape index (κ1) is 15.0. The summed E-state index contributed by atoms with van der Waals surface area (Å²) in [6.45, 7) is 5.30. The molecule has 0 aliphatic heterocycles. The van der Waals surface area contributed by atoms with Crippen molar-refractivity contribution in [3.05, 3.63) is 34.1 Å². The van der Waals surface area contributed by atoms with Gasteiger partial charge in [0.2, 0.25) is 0 Å². The van der Waals surface area contributed by atoms with Gasteiger partial charge in [-0.15, -0.1) is 5.10 Å². The van der Waals surface area contributed by atoms with Gasteiger partial charge in [0.15, 0.2) is 5.82 Å². The first-order valence-electron chi connectivity index (χ1n) is 6.12. The Labute approximate surface area is 123 Å². The minimum Gasteiger partial charge on any atom is -0.310 e. The van der Waals surface area contributed by atoms with Gasteiger partial charge in [0.1, 0.15) is 17.3 Å². The molecule has 0 aliphatic carbocycles. The lowest BCUT2D eigenvalue weighted by atomic mass is 10.2. The van der Waals surface area contributed by atoms with Crippen LogP contribution in [0, 0.1) is 17.6 Å². The van der Waals surface area contributed by atoms with E-state index >= 15 is 0 Å². The van der Waals surface area contributed by atoms with E-state index in [4.69, 9.17) is 0 Å². The molecular weight excluding hydrogens is 332 g/mol. The highest BCUT2D eigenvalue weighted by Gasteiger charge is 2.15. The van der Waals surface area contributed by atoms with Gasteiger partial charge in [-0.3, -0.25) is 0 Å². The van der Waals surface area contributed by atoms with E-state index in [1.54, 1.807) is 0 Å². The van der Waals surface area contributed by atoms with E-state index in [1.807, 2.05) is 0 Å². The minimum absolute atomic E-state index is 0.0166. The molecule has 0 unspecified atom stereocenters. The highest BCUT2D eigenvalue weighted by molar-refractivity contribution is 9.10. The monoisotopic (exact) mass is 345 g/mol. The average molecular weight is 346 g/mol. The highest BCUT2D eigenvalue weighted by atomic mass is 79.9. The molecule has 0 aliphatic rings. The third-order valence-electron chi connectivity index (χ3n) is 2.59. The lowest BCUT2D eigenvalue weighted by molar-refractivity contribution is 0.532.